The summed E-state index contributed by atoms with van der Waals surface area (Å²) in [5.41, 5.74) is 4.16. The highest BCUT2D eigenvalue weighted by Gasteiger charge is 2.70. The van der Waals surface area contributed by atoms with E-state index in [2.05, 4.69) is 25.0 Å². The second-order valence-electron chi connectivity index (χ2n) is 8.94. The molecule has 1 saturated carbocycles. The van der Waals surface area contributed by atoms with Crippen LogP contribution < -0.4 is 21.1 Å². The predicted octanol–water partition coefficient (Wildman–Crippen LogP) is 3.52. The van der Waals surface area contributed by atoms with Crippen molar-refractivity contribution in [1.82, 2.24) is 15.3 Å². The Kier molecular flexibility index (Phi) is 7.16. The van der Waals surface area contributed by atoms with Crippen molar-refractivity contribution in [2.75, 3.05) is 18.5 Å². The number of halogens is 7. The minimum Gasteiger partial charge on any atom is -0.467 e. The number of aliphatic imine (C=N–C) groups is 1. The van der Waals surface area contributed by atoms with Gasteiger partial charge in [0.2, 0.25) is 11.8 Å². The van der Waals surface area contributed by atoms with Gasteiger partial charge in [0.05, 0.1) is 17.9 Å². The SMILES string of the molecule is C[C@]1(c2cc(NC(=O)c3cnc(OCC(F)(F)F)cn3)ccc2F)N=C(N)S[C@@]2(C(=O)NCC(F)(F)F)C[C@H]21. The summed E-state index contributed by atoms with van der Waals surface area (Å²) >= 11 is 0.811. The molecule has 1 aliphatic heterocycles. The average Bonchev–Trinajstić information content (AvgIpc) is 3.58. The van der Waals surface area contributed by atoms with Crippen molar-refractivity contribution in [3.63, 3.8) is 0 Å². The highest BCUT2D eigenvalue weighted by atomic mass is 32.2. The van der Waals surface area contributed by atoms with E-state index in [-0.39, 0.29) is 28.5 Å². The van der Waals surface area contributed by atoms with Gasteiger partial charge in [-0.2, -0.15) is 26.3 Å². The van der Waals surface area contributed by atoms with E-state index >= 15 is 4.39 Å². The third-order valence-corrected chi connectivity index (χ3v) is 7.37. The Labute approximate surface area is 219 Å². The number of nitrogens with zero attached hydrogens (tertiary/aromatic N) is 3. The van der Waals surface area contributed by atoms with E-state index in [0.29, 0.717) is 0 Å². The van der Waals surface area contributed by atoms with Crippen LogP contribution in [0, 0.1) is 11.7 Å². The first-order valence-corrected chi connectivity index (χ1v) is 11.9. The minimum atomic E-state index is -4.63. The van der Waals surface area contributed by atoms with Crippen LogP contribution in [0.1, 0.15) is 29.4 Å². The molecular weight excluding hydrogens is 561 g/mol. The summed E-state index contributed by atoms with van der Waals surface area (Å²) in [5, 5.41) is 4.18. The Bertz CT molecular complexity index is 1320. The molecular formula is C22H19F7N6O3S. The molecule has 3 atom stereocenters. The molecule has 2 amide bonds. The zero-order valence-electron chi connectivity index (χ0n) is 19.8. The Morgan fingerprint density at radius 2 is 1.87 bits per heavy atom. The number of hydrogen-bond donors (Lipinski definition) is 3. The summed E-state index contributed by atoms with van der Waals surface area (Å²) in [4.78, 5) is 36.9. The van der Waals surface area contributed by atoms with Gasteiger partial charge < -0.3 is 21.1 Å². The van der Waals surface area contributed by atoms with E-state index in [1.54, 1.807) is 0 Å². The highest BCUT2D eigenvalue weighted by molar-refractivity contribution is 8.15. The van der Waals surface area contributed by atoms with E-state index in [9.17, 15) is 35.9 Å². The molecule has 1 fully saturated rings. The second kappa shape index (κ2) is 9.84. The monoisotopic (exact) mass is 580 g/mol. The number of benzene rings is 1. The first-order chi connectivity index (χ1) is 18.0. The van der Waals surface area contributed by atoms with E-state index < -0.39 is 65.2 Å². The summed E-state index contributed by atoms with van der Waals surface area (Å²) in [5.74, 6) is -3.65. The molecule has 2 aromatic rings. The summed E-state index contributed by atoms with van der Waals surface area (Å²) in [7, 11) is 0. The van der Waals surface area contributed by atoms with Crippen molar-refractivity contribution < 1.29 is 45.1 Å². The number of nitrogens with two attached hydrogens (primary N) is 1. The van der Waals surface area contributed by atoms with Crippen molar-refractivity contribution in [2.45, 2.75) is 36.0 Å². The van der Waals surface area contributed by atoms with Gasteiger partial charge in [-0.25, -0.2) is 14.4 Å². The maximum absolute atomic E-state index is 15.0. The molecule has 0 spiro atoms. The molecule has 1 aliphatic carbocycles. The number of fused-ring (bicyclic) bond motifs is 1. The number of alkyl halides is 6. The molecule has 1 aromatic heterocycles. The summed E-state index contributed by atoms with van der Waals surface area (Å²) in [6.45, 7) is -1.65. The molecule has 0 radical (unpaired) electrons. The molecule has 17 heteroatoms. The molecule has 4 rings (SSSR count). The maximum atomic E-state index is 15.0. The van der Waals surface area contributed by atoms with Crippen molar-refractivity contribution in [3.8, 4) is 5.88 Å². The Balaban J connectivity index is 1.52. The molecule has 4 N–H and O–H groups in total. The molecule has 2 heterocycles. The number of nitrogens with one attached hydrogen (secondary N) is 2. The van der Waals surface area contributed by atoms with E-state index in [4.69, 9.17) is 5.73 Å². The standard InChI is InChI=1S/C22H19F7N6O3S/c1-19(14-5-20(14,39-18(30)35-19)17(37)33-8-21(24,25)26)11-4-10(2-3-12(11)23)34-16(36)13-6-32-15(7-31-13)38-9-22(27,28)29/h2-4,6-7,14H,5,8-9H2,1H3,(H2,30,35)(H,33,37)(H,34,36)/t14-,19+,20-/m0/s1. The number of amidine groups is 1. The van der Waals surface area contributed by atoms with Gasteiger partial charge in [0.1, 0.15) is 22.8 Å². The summed E-state index contributed by atoms with van der Waals surface area (Å²) in [6.07, 6.45) is -7.43. The van der Waals surface area contributed by atoms with Gasteiger partial charge in [-0.1, -0.05) is 11.8 Å². The van der Waals surface area contributed by atoms with Crippen LogP contribution in [0.5, 0.6) is 5.88 Å². The van der Waals surface area contributed by atoms with Crippen LogP contribution in [0.4, 0.5) is 36.4 Å². The number of carbonyl (C=O) groups excluding carboxylic acids is 2. The van der Waals surface area contributed by atoms with Crippen molar-refractivity contribution in [1.29, 1.82) is 0 Å². The lowest BCUT2D eigenvalue weighted by atomic mass is 9.85. The van der Waals surface area contributed by atoms with Crippen LogP contribution in [0.15, 0.2) is 35.6 Å². The fraction of sp³-hybridized carbons (Fsp3) is 0.409. The average molecular weight is 580 g/mol. The molecule has 9 nitrogen and oxygen atoms in total. The number of amides is 2. The largest absolute Gasteiger partial charge is 0.467 e. The smallest absolute Gasteiger partial charge is 0.422 e. The van der Waals surface area contributed by atoms with Crippen molar-refractivity contribution in [3.05, 3.63) is 47.7 Å². The van der Waals surface area contributed by atoms with Crippen LogP contribution >= 0.6 is 11.8 Å². The van der Waals surface area contributed by atoms with Gasteiger partial charge in [-0.15, -0.1) is 0 Å². The Morgan fingerprint density at radius 3 is 2.49 bits per heavy atom. The number of ether oxygens (including phenoxy) is 1. The fourth-order valence-electron chi connectivity index (χ4n) is 4.25. The van der Waals surface area contributed by atoms with Gasteiger partial charge in [-0.05, 0) is 31.5 Å². The predicted molar refractivity (Wildman–Crippen MR) is 124 cm³/mol. The van der Waals surface area contributed by atoms with Gasteiger partial charge >= 0.3 is 12.4 Å². The molecule has 210 valence electrons. The lowest BCUT2D eigenvalue weighted by Crippen LogP contribution is -2.46. The van der Waals surface area contributed by atoms with E-state index in [1.165, 1.54) is 19.1 Å². The summed E-state index contributed by atoms with van der Waals surface area (Å²) in [6, 6.07) is 3.48. The first kappa shape index (κ1) is 28.4. The topological polar surface area (TPSA) is 132 Å². The number of hydrogen-bond acceptors (Lipinski definition) is 8. The third kappa shape index (κ3) is 6.17. The van der Waals surface area contributed by atoms with Crippen LogP contribution in [-0.2, 0) is 10.3 Å². The highest BCUT2D eigenvalue weighted by Crippen LogP contribution is 2.66. The number of rotatable bonds is 7. The zero-order valence-corrected chi connectivity index (χ0v) is 20.6. The molecule has 0 saturated heterocycles. The van der Waals surface area contributed by atoms with Crippen LogP contribution in [0.25, 0.3) is 0 Å². The zero-order chi connectivity index (χ0) is 28.8. The molecule has 2 aliphatic rings. The van der Waals surface area contributed by atoms with Gasteiger partial charge in [0, 0.05) is 17.2 Å². The first-order valence-electron chi connectivity index (χ1n) is 11.0. The molecule has 0 bridgehead atoms. The van der Waals surface area contributed by atoms with Crippen LogP contribution in [0.3, 0.4) is 0 Å². The van der Waals surface area contributed by atoms with E-state index in [1.807, 2.05) is 5.32 Å². The van der Waals surface area contributed by atoms with Gasteiger partial charge in [-0.3, -0.25) is 14.6 Å². The van der Waals surface area contributed by atoms with Crippen molar-refractivity contribution >= 4 is 34.4 Å². The van der Waals surface area contributed by atoms with Crippen LogP contribution in [-0.4, -0.2) is 57.2 Å². The minimum absolute atomic E-state index is 0.0663. The lowest BCUT2D eigenvalue weighted by molar-refractivity contribution is -0.154. The Morgan fingerprint density at radius 1 is 1.15 bits per heavy atom. The number of aromatic nitrogens is 2. The maximum Gasteiger partial charge on any atom is 0.422 e. The quantitative estimate of drug-likeness (QED) is 0.427. The molecule has 1 aromatic carbocycles. The number of carbonyl (C=O) groups is 2. The fourth-order valence-corrected chi connectivity index (χ4v) is 5.65. The van der Waals surface area contributed by atoms with Gasteiger partial charge in [0.15, 0.2) is 11.8 Å². The van der Waals surface area contributed by atoms with Crippen molar-refractivity contribution in [2.24, 2.45) is 16.6 Å². The van der Waals surface area contributed by atoms with E-state index in [0.717, 1.165) is 30.2 Å². The summed E-state index contributed by atoms with van der Waals surface area (Å²) < 4.78 is 92.7. The number of anilines is 1. The second-order valence-corrected chi connectivity index (χ2v) is 10.3. The third-order valence-electron chi connectivity index (χ3n) is 6.07. The normalized spacial score (nSPS) is 24.3. The van der Waals surface area contributed by atoms with Gasteiger partial charge in [0.25, 0.3) is 5.91 Å². The molecule has 0 unspecified atom stereocenters. The number of thioether (sulfide) groups is 1. The molecule has 39 heavy (non-hydrogen) atoms. The van der Waals surface area contributed by atoms with Crippen LogP contribution in [0.2, 0.25) is 0 Å². The Hall–Kier alpha value is -3.63. The lowest BCUT2D eigenvalue weighted by Gasteiger charge is -2.34.